The van der Waals surface area contributed by atoms with Crippen LogP contribution < -0.4 is 10.6 Å². The summed E-state index contributed by atoms with van der Waals surface area (Å²) in [6.45, 7) is 6.50. The minimum atomic E-state index is -3.68. The van der Waals surface area contributed by atoms with Crippen molar-refractivity contribution in [3.8, 4) is 0 Å². The average molecular weight is 541 g/mol. The first-order chi connectivity index (χ1) is 18.1. The standard InChI is InChI=1S/C28H36N4O5S/c1-19(2)15-23(30-28(34)25-16-21-10-6-7-11-24(21)31(25)4)27(33)29-17-22-18-32(13-14-37-22)38(35,36)26-12-8-5-9-20(26)3/h5-12,16,19,22-23H,13-15,17-18H2,1-4H3,(H,29,33)(H,30,34)/t22?,23-/m0/s1. The van der Waals surface area contributed by atoms with E-state index in [1.54, 1.807) is 31.2 Å². The average Bonchev–Trinajstić information content (AvgIpc) is 3.23. The van der Waals surface area contributed by atoms with Gasteiger partial charge in [0.2, 0.25) is 15.9 Å². The zero-order valence-electron chi connectivity index (χ0n) is 22.3. The van der Waals surface area contributed by atoms with E-state index in [-0.39, 0.29) is 48.9 Å². The summed E-state index contributed by atoms with van der Waals surface area (Å²) in [4.78, 5) is 26.6. The highest BCUT2D eigenvalue weighted by molar-refractivity contribution is 7.89. The number of aryl methyl sites for hydroxylation is 2. The number of amides is 2. The number of nitrogens with zero attached hydrogens (tertiary/aromatic N) is 2. The fourth-order valence-electron chi connectivity index (χ4n) is 4.80. The Labute approximate surface area is 224 Å². The number of hydrogen-bond acceptors (Lipinski definition) is 5. The van der Waals surface area contributed by atoms with Gasteiger partial charge in [-0.3, -0.25) is 9.59 Å². The number of benzene rings is 2. The van der Waals surface area contributed by atoms with Crippen LogP contribution in [-0.4, -0.2) is 67.5 Å². The Hall–Kier alpha value is -3.21. The predicted molar refractivity (Wildman–Crippen MR) is 146 cm³/mol. The van der Waals surface area contributed by atoms with Gasteiger partial charge in [-0.15, -0.1) is 0 Å². The maximum Gasteiger partial charge on any atom is 0.268 e. The van der Waals surface area contributed by atoms with E-state index in [2.05, 4.69) is 10.6 Å². The molecule has 0 saturated carbocycles. The lowest BCUT2D eigenvalue weighted by Gasteiger charge is -2.33. The molecule has 204 valence electrons. The second-order valence-electron chi connectivity index (χ2n) is 10.2. The Kier molecular flexibility index (Phi) is 8.54. The van der Waals surface area contributed by atoms with E-state index in [9.17, 15) is 18.0 Å². The van der Waals surface area contributed by atoms with Crippen molar-refractivity contribution in [3.05, 3.63) is 65.9 Å². The van der Waals surface area contributed by atoms with Crippen LogP contribution in [0.15, 0.2) is 59.5 Å². The van der Waals surface area contributed by atoms with Gasteiger partial charge >= 0.3 is 0 Å². The number of aromatic nitrogens is 1. The van der Waals surface area contributed by atoms with Gasteiger partial charge < -0.3 is 19.9 Å². The number of para-hydroxylation sites is 1. The van der Waals surface area contributed by atoms with Crippen LogP contribution in [0, 0.1) is 12.8 Å². The first-order valence-corrected chi connectivity index (χ1v) is 14.3. The monoisotopic (exact) mass is 540 g/mol. The molecule has 2 atom stereocenters. The molecule has 38 heavy (non-hydrogen) atoms. The summed E-state index contributed by atoms with van der Waals surface area (Å²) in [5.74, 6) is -0.485. The molecule has 0 spiro atoms. The van der Waals surface area contributed by atoms with E-state index < -0.39 is 22.2 Å². The van der Waals surface area contributed by atoms with Crippen molar-refractivity contribution in [2.45, 2.75) is 44.2 Å². The predicted octanol–water partition coefficient (Wildman–Crippen LogP) is 2.84. The van der Waals surface area contributed by atoms with Crippen LogP contribution in [0.1, 0.15) is 36.3 Å². The Morgan fingerprint density at radius 2 is 1.82 bits per heavy atom. The maximum absolute atomic E-state index is 13.2. The summed E-state index contributed by atoms with van der Waals surface area (Å²) in [7, 11) is -1.85. The summed E-state index contributed by atoms with van der Waals surface area (Å²) < 4.78 is 35.4. The van der Waals surface area contributed by atoms with Gasteiger partial charge in [0.25, 0.3) is 5.91 Å². The van der Waals surface area contributed by atoms with Crippen LogP contribution in [0.3, 0.4) is 0 Å². The molecule has 1 saturated heterocycles. The zero-order chi connectivity index (χ0) is 27.4. The Balaban J connectivity index is 1.40. The maximum atomic E-state index is 13.2. The number of rotatable bonds is 9. The number of ether oxygens (including phenoxy) is 1. The fourth-order valence-corrected chi connectivity index (χ4v) is 6.48. The van der Waals surface area contributed by atoms with Crippen molar-refractivity contribution in [1.82, 2.24) is 19.5 Å². The molecule has 2 amide bonds. The summed E-state index contributed by atoms with van der Waals surface area (Å²) in [5, 5.41) is 6.72. The second-order valence-corrected chi connectivity index (χ2v) is 12.1. The van der Waals surface area contributed by atoms with Crippen LogP contribution in [0.2, 0.25) is 0 Å². The van der Waals surface area contributed by atoms with Gasteiger partial charge in [0.05, 0.1) is 17.6 Å². The molecule has 1 unspecified atom stereocenters. The number of fused-ring (bicyclic) bond motifs is 1. The van der Waals surface area contributed by atoms with Crippen molar-refractivity contribution in [2.24, 2.45) is 13.0 Å². The molecule has 3 aromatic rings. The van der Waals surface area contributed by atoms with Gasteiger partial charge in [-0.25, -0.2) is 8.42 Å². The van der Waals surface area contributed by atoms with Gasteiger partial charge in [-0.2, -0.15) is 4.31 Å². The van der Waals surface area contributed by atoms with Gasteiger partial charge in [0.1, 0.15) is 11.7 Å². The Bertz CT molecular complexity index is 1420. The van der Waals surface area contributed by atoms with Crippen LogP contribution in [0.5, 0.6) is 0 Å². The summed E-state index contributed by atoms with van der Waals surface area (Å²) in [6.07, 6.45) is -0.0408. The molecule has 4 rings (SSSR count). The number of carbonyl (C=O) groups excluding carboxylic acids is 2. The summed E-state index contributed by atoms with van der Waals surface area (Å²) in [6, 6.07) is 15.7. The number of carbonyl (C=O) groups is 2. The van der Waals surface area contributed by atoms with Crippen molar-refractivity contribution < 1.29 is 22.7 Å². The smallest absolute Gasteiger partial charge is 0.268 e. The molecule has 2 N–H and O–H groups in total. The third-order valence-corrected chi connectivity index (χ3v) is 8.86. The SMILES string of the molecule is Cc1ccccc1S(=O)(=O)N1CCOC(CNC(=O)[C@H](CC(C)C)NC(=O)c2cc3ccccc3n2C)C1. The number of sulfonamides is 1. The lowest BCUT2D eigenvalue weighted by Crippen LogP contribution is -2.53. The number of hydrogen-bond donors (Lipinski definition) is 2. The quantitative estimate of drug-likeness (QED) is 0.434. The third-order valence-electron chi connectivity index (χ3n) is 6.83. The van der Waals surface area contributed by atoms with Gasteiger partial charge in [-0.05, 0) is 43.0 Å². The molecule has 1 fully saturated rings. The first-order valence-electron chi connectivity index (χ1n) is 12.9. The van der Waals surface area contributed by atoms with Crippen molar-refractivity contribution >= 4 is 32.7 Å². The van der Waals surface area contributed by atoms with E-state index in [0.29, 0.717) is 17.7 Å². The fraction of sp³-hybridized carbons (Fsp3) is 0.429. The van der Waals surface area contributed by atoms with Crippen molar-refractivity contribution in [1.29, 1.82) is 0 Å². The largest absolute Gasteiger partial charge is 0.374 e. The molecule has 1 aromatic heterocycles. The van der Waals surface area contributed by atoms with Crippen LogP contribution in [0.25, 0.3) is 10.9 Å². The van der Waals surface area contributed by atoms with E-state index in [1.165, 1.54) is 4.31 Å². The lowest BCUT2D eigenvalue weighted by molar-refractivity contribution is -0.124. The lowest BCUT2D eigenvalue weighted by atomic mass is 10.0. The minimum Gasteiger partial charge on any atom is -0.374 e. The minimum absolute atomic E-state index is 0.133. The molecule has 10 heteroatoms. The van der Waals surface area contributed by atoms with Gasteiger partial charge in [0, 0.05) is 37.6 Å². The summed E-state index contributed by atoms with van der Waals surface area (Å²) >= 11 is 0. The molecule has 2 heterocycles. The van der Waals surface area contributed by atoms with Crippen LogP contribution in [0.4, 0.5) is 0 Å². The molecular formula is C28H36N4O5S. The van der Waals surface area contributed by atoms with Crippen molar-refractivity contribution in [2.75, 3.05) is 26.2 Å². The normalized spacial score (nSPS) is 17.4. The third kappa shape index (κ3) is 6.09. The highest BCUT2D eigenvalue weighted by Gasteiger charge is 2.32. The van der Waals surface area contributed by atoms with Crippen molar-refractivity contribution in [3.63, 3.8) is 0 Å². The Morgan fingerprint density at radius 1 is 1.11 bits per heavy atom. The van der Waals surface area contributed by atoms with Gasteiger partial charge in [-0.1, -0.05) is 50.2 Å². The van der Waals surface area contributed by atoms with E-state index >= 15 is 0 Å². The van der Waals surface area contributed by atoms with E-state index in [0.717, 1.165) is 10.9 Å². The highest BCUT2D eigenvalue weighted by atomic mass is 32.2. The van der Waals surface area contributed by atoms with Crippen LogP contribution in [-0.2, 0) is 26.6 Å². The van der Waals surface area contributed by atoms with Gasteiger partial charge in [0.15, 0.2) is 0 Å². The van der Waals surface area contributed by atoms with Crippen LogP contribution >= 0.6 is 0 Å². The second kappa shape index (κ2) is 11.7. The number of morpholine rings is 1. The number of nitrogens with one attached hydrogen (secondary N) is 2. The highest BCUT2D eigenvalue weighted by Crippen LogP contribution is 2.22. The molecule has 0 bridgehead atoms. The molecule has 0 aliphatic carbocycles. The molecule has 2 aromatic carbocycles. The zero-order valence-corrected chi connectivity index (χ0v) is 23.1. The molecule has 1 aliphatic heterocycles. The topological polar surface area (TPSA) is 110 Å². The van der Waals surface area contributed by atoms with E-state index in [1.807, 2.05) is 55.8 Å². The molecule has 9 nitrogen and oxygen atoms in total. The first kappa shape index (κ1) is 27.8. The molecule has 1 aliphatic rings. The summed E-state index contributed by atoms with van der Waals surface area (Å²) in [5.41, 5.74) is 2.09. The molecule has 0 radical (unpaired) electrons. The Morgan fingerprint density at radius 3 is 2.53 bits per heavy atom. The molecular weight excluding hydrogens is 504 g/mol. The van der Waals surface area contributed by atoms with E-state index in [4.69, 9.17) is 4.74 Å².